The van der Waals surface area contributed by atoms with Crippen LogP contribution in [0.4, 0.5) is 18.9 Å². The van der Waals surface area contributed by atoms with Crippen LogP contribution in [-0.2, 0) is 12.7 Å². The minimum absolute atomic E-state index is 0.0352. The summed E-state index contributed by atoms with van der Waals surface area (Å²) < 4.78 is 44.7. The minimum atomic E-state index is -4.33. The van der Waals surface area contributed by atoms with Crippen molar-refractivity contribution in [3.63, 3.8) is 0 Å². The second-order valence-electron chi connectivity index (χ2n) is 10.5. The molecule has 5 rings (SSSR count). The molecule has 0 unspecified atom stereocenters. The Bertz CT molecular complexity index is 1220. The van der Waals surface area contributed by atoms with Crippen molar-refractivity contribution >= 4 is 11.5 Å². The van der Waals surface area contributed by atoms with Gasteiger partial charge < -0.3 is 9.64 Å². The highest BCUT2D eigenvalue weighted by Gasteiger charge is 2.30. The maximum Gasteiger partial charge on any atom is 0.416 e. The molecule has 0 aliphatic carbocycles. The third-order valence-electron chi connectivity index (χ3n) is 7.65. The van der Waals surface area contributed by atoms with Crippen LogP contribution in [0.5, 0.6) is 5.75 Å². The van der Waals surface area contributed by atoms with Gasteiger partial charge in [0.05, 0.1) is 11.8 Å². The fraction of sp³-hybridized carbons (Fsp3) is 0.433. The summed E-state index contributed by atoms with van der Waals surface area (Å²) in [7, 11) is 0. The molecular formula is C30H33F3N4O2. The molecule has 0 radical (unpaired) electrons. The Morgan fingerprint density at radius 1 is 0.923 bits per heavy atom. The number of rotatable bonds is 8. The molecule has 206 valence electrons. The third-order valence-corrected chi connectivity index (χ3v) is 7.65. The summed E-state index contributed by atoms with van der Waals surface area (Å²) in [6.45, 7) is 4.20. The molecular weight excluding hydrogens is 505 g/mol. The maximum absolute atomic E-state index is 13.0. The van der Waals surface area contributed by atoms with Crippen molar-refractivity contribution in [2.75, 3.05) is 31.1 Å². The number of aromatic nitrogens is 2. The Labute approximate surface area is 226 Å². The topological polar surface area (TPSA) is 58.6 Å². The molecule has 9 heteroatoms. The Morgan fingerprint density at radius 2 is 1.67 bits per heavy atom. The van der Waals surface area contributed by atoms with Crippen LogP contribution in [0.25, 0.3) is 0 Å². The monoisotopic (exact) mass is 538 g/mol. The van der Waals surface area contributed by atoms with E-state index in [0.717, 1.165) is 63.1 Å². The predicted octanol–water partition coefficient (Wildman–Crippen LogP) is 6.03. The normalized spacial score (nSPS) is 17.8. The first-order chi connectivity index (χ1) is 18.8. The van der Waals surface area contributed by atoms with Gasteiger partial charge in [0.25, 0.3) is 0 Å². The molecule has 2 aromatic heterocycles. The number of ether oxygens (including phenoxy) is 1. The van der Waals surface area contributed by atoms with Crippen LogP contribution in [-0.4, -0.2) is 52.9 Å². The number of hydrogen-bond acceptors (Lipinski definition) is 6. The number of likely N-dealkylation sites (tertiary alicyclic amines) is 1. The molecule has 2 fully saturated rings. The van der Waals surface area contributed by atoms with E-state index in [2.05, 4.69) is 25.8 Å². The van der Waals surface area contributed by atoms with Crippen molar-refractivity contribution in [2.45, 2.75) is 50.9 Å². The van der Waals surface area contributed by atoms with Gasteiger partial charge in [0.15, 0.2) is 5.78 Å². The Morgan fingerprint density at radius 3 is 2.33 bits per heavy atom. The molecule has 4 heterocycles. The van der Waals surface area contributed by atoms with E-state index in [4.69, 9.17) is 4.74 Å². The van der Waals surface area contributed by atoms with Crippen LogP contribution in [0, 0.1) is 5.92 Å². The highest BCUT2D eigenvalue weighted by Crippen LogP contribution is 2.31. The lowest BCUT2D eigenvalue weighted by atomic mass is 9.90. The number of carbonyl (C=O) groups is 1. The van der Waals surface area contributed by atoms with Crippen LogP contribution in [0.1, 0.15) is 53.6 Å². The van der Waals surface area contributed by atoms with Gasteiger partial charge in [0, 0.05) is 68.7 Å². The molecule has 0 N–H and O–H groups in total. The summed E-state index contributed by atoms with van der Waals surface area (Å²) in [6, 6.07) is 11.1. The van der Waals surface area contributed by atoms with Crippen LogP contribution < -0.4 is 9.64 Å². The number of anilines is 1. The maximum atomic E-state index is 13.0. The van der Waals surface area contributed by atoms with Gasteiger partial charge in [-0.15, -0.1) is 0 Å². The molecule has 0 spiro atoms. The number of halogens is 3. The number of piperidine rings is 2. The second kappa shape index (κ2) is 12.2. The summed E-state index contributed by atoms with van der Waals surface area (Å²) >= 11 is 0. The zero-order chi connectivity index (χ0) is 27.2. The van der Waals surface area contributed by atoms with Crippen molar-refractivity contribution in [1.82, 2.24) is 14.9 Å². The van der Waals surface area contributed by atoms with E-state index in [9.17, 15) is 18.0 Å². The lowest BCUT2D eigenvalue weighted by Crippen LogP contribution is -2.38. The van der Waals surface area contributed by atoms with E-state index >= 15 is 0 Å². The summed E-state index contributed by atoms with van der Waals surface area (Å²) in [4.78, 5) is 25.9. The largest absolute Gasteiger partial charge is 0.489 e. The lowest BCUT2D eigenvalue weighted by molar-refractivity contribution is -0.137. The summed E-state index contributed by atoms with van der Waals surface area (Å²) in [5.41, 5.74) is 1.92. The average Bonchev–Trinajstić information content (AvgIpc) is 2.95. The van der Waals surface area contributed by atoms with Gasteiger partial charge in [-0.3, -0.25) is 19.7 Å². The second-order valence-corrected chi connectivity index (χ2v) is 10.5. The van der Waals surface area contributed by atoms with Gasteiger partial charge in [-0.2, -0.15) is 13.2 Å². The number of ketones is 1. The van der Waals surface area contributed by atoms with Crippen LogP contribution in [0.2, 0.25) is 0 Å². The van der Waals surface area contributed by atoms with Crippen LogP contribution >= 0.6 is 0 Å². The zero-order valence-electron chi connectivity index (χ0n) is 21.8. The van der Waals surface area contributed by atoms with E-state index in [1.54, 1.807) is 24.7 Å². The highest BCUT2D eigenvalue weighted by molar-refractivity contribution is 5.96. The lowest BCUT2D eigenvalue weighted by Gasteiger charge is -2.33. The minimum Gasteiger partial charge on any atom is -0.489 e. The van der Waals surface area contributed by atoms with Crippen LogP contribution in [0.3, 0.4) is 0 Å². The van der Waals surface area contributed by atoms with E-state index in [1.165, 1.54) is 17.7 Å². The molecule has 2 aliphatic heterocycles. The summed E-state index contributed by atoms with van der Waals surface area (Å²) in [6.07, 6.45) is 6.53. The third kappa shape index (κ3) is 7.35. The van der Waals surface area contributed by atoms with Gasteiger partial charge in [0.1, 0.15) is 11.9 Å². The first-order valence-corrected chi connectivity index (χ1v) is 13.5. The van der Waals surface area contributed by atoms with Crippen molar-refractivity contribution in [1.29, 1.82) is 0 Å². The number of carbonyl (C=O) groups excluding carboxylic acids is 1. The van der Waals surface area contributed by atoms with Gasteiger partial charge in [-0.05, 0) is 73.8 Å². The molecule has 0 amide bonds. The standard InChI is InChI=1S/C30H33F3N4O2/c31-30(32,33)25-3-5-26(6-4-25)37-14-9-27(10-15-37)39-28-17-24(19-35-20-28)29(38)16-22-7-12-36(13-8-22)21-23-2-1-11-34-18-23/h1-6,11,17-20,22,27H,7-10,12-16,21H2. The number of benzene rings is 1. The van der Waals surface area contributed by atoms with Crippen molar-refractivity contribution in [2.24, 2.45) is 5.92 Å². The fourth-order valence-electron chi connectivity index (χ4n) is 5.40. The first kappa shape index (κ1) is 27.1. The van der Waals surface area contributed by atoms with Crippen LogP contribution in [0.15, 0.2) is 67.3 Å². The molecule has 39 heavy (non-hydrogen) atoms. The quantitative estimate of drug-likeness (QED) is 0.327. The molecule has 0 atom stereocenters. The highest BCUT2D eigenvalue weighted by atomic mass is 19.4. The van der Waals surface area contributed by atoms with Gasteiger partial charge in [-0.25, -0.2) is 0 Å². The fourth-order valence-corrected chi connectivity index (χ4v) is 5.40. The van der Waals surface area contributed by atoms with Gasteiger partial charge >= 0.3 is 6.18 Å². The number of alkyl halides is 3. The van der Waals surface area contributed by atoms with Gasteiger partial charge in [-0.1, -0.05) is 6.07 Å². The molecule has 3 aromatic rings. The van der Waals surface area contributed by atoms with E-state index < -0.39 is 11.7 Å². The molecule has 0 bridgehead atoms. The molecule has 2 saturated heterocycles. The van der Waals surface area contributed by atoms with Crippen molar-refractivity contribution in [3.8, 4) is 5.75 Å². The smallest absolute Gasteiger partial charge is 0.416 e. The SMILES string of the molecule is O=C(CC1CCN(Cc2cccnc2)CC1)c1cncc(OC2CCN(c3ccc(C(F)(F)F)cc3)CC2)c1. The first-order valence-electron chi connectivity index (χ1n) is 13.5. The molecule has 2 aliphatic rings. The average molecular weight is 539 g/mol. The number of Topliss-reactive ketones (excluding diaryl/α,β-unsaturated/α-hetero) is 1. The summed E-state index contributed by atoms with van der Waals surface area (Å²) in [5, 5.41) is 0. The molecule has 6 nitrogen and oxygen atoms in total. The Kier molecular flexibility index (Phi) is 8.45. The predicted molar refractivity (Wildman–Crippen MR) is 143 cm³/mol. The number of pyridine rings is 2. The molecule has 0 saturated carbocycles. The molecule has 1 aromatic carbocycles. The van der Waals surface area contributed by atoms with Crippen molar-refractivity contribution < 1.29 is 22.7 Å². The zero-order valence-corrected chi connectivity index (χ0v) is 21.8. The van der Waals surface area contributed by atoms with Crippen molar-refractivity contribution in [3.05, 3.63) is 83.9 Å². The number of hydrogen-bond donors (Lipinski definition) is 0. The number of nitrogens with zero attached hydrogens (tertiary/aromatic N) is 4. The summed E-state index contributed by atoms with van der Waals surface area (Å²) in [5.74, 6) is 1.04. The Balaban J connectivity index is 1.08. The van der Waals surface area contributed by atoms with E-state index in [0.29, 0.717) is 36.7 Å². The van der Waals surface area contributed by atoms with E-state index in [1.807, 2.05) is 12.3 Å². The van der Waals surface area contributed by atoms with Gasteiger partial charge in [0.2, 0.25) is 0 Å². The van der Waals surface area contributed by atoms with E-state index in [-0.39, 0.29) is 11.9 Å². The Hall–Kier alpha value is -3.46.